The van der Waals surface area contributed by atoms with Gasteiger partial charge in [0.2, 0.25) is 0 Å². The highest BCUT2D eigenvalue weighted by atomic mass is 14.8. The van der Waals surface area contributed by atoms with Crippen LogP contribution in [0.3, 0.4) is 0 Å². The normalized spacial score (nSPS) is 15.9. The summed E-state index contributed by atoms with van der Waals surface area (Å²) in [5.41, 5.74) is 1.47. The Kier molecular flexibility index (Phi) is 5.55. The minimum absolute atomic E-state index is 0.157. The molecular formula is C14H24N2. The zero-order valence-corrected chi connectivity index (χ0v) is 10.7. The van der Waals surface area contributed by atoms with Crippen molar-refractivity contribution in [1.29, 1.82) is 5.26 Å². The van der Waals surface area contributed by atoms with Crippen LogP contribution < -0.4 is 5.32 Å². The third-order valence-corrected chi connectivity index (χ3v) is 3.22. The Labute approximate surface area is 99.7 Å². The Hall–Kier alpha value is -0.810. The fraction of sp³-hybridized carbons (Fsp3) is 0.786. The monoisotopic (exact) mass is 220 g/mol. The molecule has 0 aliphatic heterocycles. The van der Waals surface area contributed by atoms with E-state index in [0.717, 1.165) is 25.9 Å². The highest BCUT2D eigenvalue weighted by Crippen LogP contribution is 2.21. The van der Waals surface area contributed by atoms with Crippen LogP contribution in [-0.2, 0) is 0 Å². The van der Waals surface area contributed by atoms with E-state index >= 15 is 0 Å². The lowest BCUT2D eigenvalue weighted by Crippen LogP contribution is -2.19. The zero-order chi connectivity index (χ0) is 11.9. The van der Waals surface area contributed by atoms with E-state index in [0.29, 0.717) is 0 Å². The van der Waals surface area contributed by atoms with Gasteiger partial charge in [-0.3, -0.25) is 0 Å². The highest BCUT2D eigenvalue weighted by Gasteiger charge is 2.15. The van der Waals surface area contributed by atoms with Gasteiger partial charge in [-0.05, 0) is 65.5 Å². The first-order valence-corrected chi connectivity index (χ1v) is 6.44. The van der Waals surface area contributed by atoms with Crippen molar-refractivity contribution in [3.63, 3.8) is 0 Å². The fourth-order valence-electron chi connectivity index (χ4n) is 2.05. The molecule has 0 aromatic heterocycles. The maximum atomic E-state index is 8.86. The molecule has 0 atom stereocenters. The molecule has 0 saturated carbocycles. The van der Waals surface area contributed by atoms with Gasteiger partial charge in [-0.2, -0.15) is 5.26 Å². The van der Waals surface area contributed by atoms with Gasteiger partial charge >= 0.3 is 0 Å². The summed E-state index contributed by atoms with van der Waals surface area (Å²) in [6.07, 6.45) is 9.63. The van der Waals surface area contributed by atoms with Gasteiger partial charge in [0.05, 0.1) is 11.5 Å². The molecule has 1 aliphatic rings. The summed E-state index contributed by atoms with van der Waals surface area (Å²) < 4.78 is 0. The van der Waals surface area contributed by atoms with Gasteiger partial charge in [-0.1, -0.05) is 11.6 Å². The minimum atomic E-state index is -0.157. The lowest BCUT2D eigenvalue weighted by atomic mass is 9.90. The average Bonchev–Trinajstić information content (AvgIpc) is 2.76. The molecule has 0 spiro atoms. The molecule has 0 saturated heterocycles. The number of hydrogen-bond donors (Lipinski definition) is 1. The largest absolute Gasteiger partial charge is 0.316 e. The standard InChI is InChI=1S/C14H24N2/c1-14(2,12-15)9-5-10-16-11-8-13-6-3-4-7-13/h6,16H,3-5,7-11H2,1-2H3. The van der Waals surface area contributed by atoms with Crippen LogP contribution in [0.1, 0.15) is 52.4 Å². The summed E-state index contributed by atoms with van der Waals surface area (Å²) in [4.78, 5) is 0. The quantitative estimate of drug-likeness (QED) is 0.527. The van der Waals surface area contributed by atoms with E-state index in [1.165, 1.54) is 25.7 Å². The lowest BCUT2D eigenvalue weighted by Gasteiger charge is -2.14. The second-order valence-corrected chi connectivity index (χ2v) is 5.35. The number of hydrogen-bond acceptors (Lipinski definition) is 2. The van der Waals surface area contributed by atoms with Crippen LogP contribution >= 0.6 is 0 Å². The summed E-state index contributed by atoms with van der Waals surface area (Å²) >= 11 is 0. The first kappa shape index (κ1) is 13.3. The van der Waals surface area contributed by atoms with Crippen molar-refractivity contribution in [1.82, 2.24) is 5.32 Å². The molecule has 0 heterocycles. The Morgan fingerprint density at radius 1 is 1.44 bits per heavy atom. The van der Waals surface area contributed by atoms with E-state index in [-0.39, 0.29) is 5.41 Å². The van der Waals surface area contributed by atoms with Crippen molar-refractivity contribution in [2.75, 3.05) is 13.1 Å². The number of allylic oxidation sites excluding steroid dienone is 1. The maximum absolute atomic E-state index is 8.86. The number of nitriles is 1. The molecule has 1 N–H and O–H groups in total. The fourth-order valence-corrected chi connectivity index (χ4v) is 2.05. The summed E-state index contributed by atoms with van der Waals surface area (Å²) in [6, 6.07) is 2.34. The average molecular weight is 220 g/mol. The Bertz CT molecular complexity index is 271. The van der Waals surface area contributed by atoms with E-state index in [1.807, 2.05) is 13.8 Å². The van der Waals surface area contributed by atoms with Crippen LogP contribution in [0.5, 0.6) is 0 Å². The topological polar surface area (TPSA) is 35.8 Å². The van der Waals surface area contributed by atoms with Gasteiger partial charge in [0.1, 0.15) is 0 Å². The molecular weight excluding hydrogens is 196 g/mol. The van der Waals surface area contributed by atoms with E-state index in [2.05, 4.69) is 17.5 Å². The van der Waals surface area contributed by atoms with E-state index in [9.17, 15) is 0 Å². The molecule has 0 aromatic carbocycles. The van der Waals surface area contributed by atoms with E-state index < -0.39 is 0 Å². The van der Waals surface area contributed by atoms with Gasteiger partial charge in [0, 0.05) is 0 Å². The molecule has 0 unspecified atom stereocenters. The maximum Gasteiger partial charge on any atom is 0.0683 e. The lowest BCUT2D eigenvalue weighted by molar-refractivity contribution is 0.426. The van der Waals surface area contributed by atoms with Crippen LogP contribution in [0.15, 0.2) is 11.6 Å². The van der Waals surface area contributed by atoms with E-state index in [4.69, 9.17) is 5.26 Å². The van der Waals surface area contributed by atoms with Gasteiger partial charge in [-0.15, -0.1) is 0 Å². The van der Waals surface area contributed by atoms with Crippen molar-refractivity contribution >= 4 is 0 Å². The summed E-state index contributed by atoms with van der Waals surface area (Å²) in [7, 11) is 0. The van der Waals surface area contributed by atoms with Crippen molar-refractivity contribution < 1.29 is 0 Å². The number of nitrogens with zero attached hydrogens (tertiary/aromatic N) is 1. The Balaban J connectivity index is 1.94. The van der Waals surface area contributed by atoms with Gasteiger partial charge in [0.15, 0.2) is 0 Å². The molecule has 1 aliphatic carbocycles. The van der Waals surface area contributed by atoms with Gasteiger partial charge in [-0.25, -0.2) is 0 Å². The molecule has 2 nitrogen and oxygen atoms in total. The van der Waals surface area contributed by atoms with Crippen LogP contribution in [0.25, 0.3) is 0 Å². The Morgan fingerprint density at radius 3 is 2.88 bits per heavy atom. The molecule has 0 amide bonds. The van der Waals surface area contributed by atoms with Crippen LogP contribution in [0.2, 0.25) is 0 Å². The number of rotatable bonds is 7. The molecule has 16 heavy (non-hydrogen) atoms. The SMILES string of the molecule is CC(C)(C#N)CCCNCCC1=CCCC1. The van der Waals surface area contributed by atoms with Crippen LogP contribution in [-0.4, -0.2) is 13.1 Å². The van der Waals surface area contributed by atoms with Gasteiger partial charge in [0.25, 0.3) is 0 Å². The summed E-state index contributed by atoms with van der Waals surface area (Å²) in [5, 5.41) is 12.3. The molecule has 90 valence electrons. The summed E-state index contributed by atoms with van der Waals surface area (Å²) in [5.74, 6) is 0. The first-order valence-electron chi connectivity index (χ1n) is 6.44. The van der Waals surface area contributed by atoms with Crippen LogP contribution in [0.4, 0.5) is 0 Å². The minimum Gasteiger partial charge on any atom is -0.316 e. The first-order chi connectivity index (χ1) is 7.64. The van der Waals surface area contributed by atoms with Crippen LogP contribution in [0, 0.1) is 16.7 Å². The van der Waals surface area contributed by atoms with Crippen molar-refractivity contribution in [2.24, 2.45) is 5.41 Å². The second kappa shape index (κ2) is 6.70. The molecule has 0 radical (unpaired) electrons. The van der Waals surface area contributed by atoms with Gasteiger partial charge < -0.3 is 5.32 Å². The van der Waals surface area contributed by atoms with Crippen molar-refractivity contribution in [3.8, 4) is 6.07 Å². The molecule has 0 aromatic rings. The smallest absolute Gasteiger partial charge is 0.0683 e. The molecule has 2 heteroatoms. The van der Waals surface area contributed by atoms with Crippen molar-refractivity contribution in [3.05, 3.63) is 11.6 Å². The predicted molar refractivity (Wildman–Crippen MR) is 68.0 cm³/mol. The van der Waals surface area contributed by atoms with Crippen molar-refractivity contribution in [2.45, 2.75) is 52.4 Å². The molecule has 1 rings (SSSR count). The Morgan fingerprint density at radius 2 is 2.25 bits per heavy atom. The zero-order valence-electron chi connectivity index (χ0n) is 10.7. The third-order valence-electron chi connectivity index (χ3n) is 3.22. The molecule has 0 fully saturated rings. The number of nitrogens with one attached hydrogen (secondary N) is 1. The third kappa shape index (κ3) is 5.32. The van der Waals surface area contributed by atoms with E-state index in [1.54, 1.807) is 5.57 Å². The second-order valence-electron chi connectivity index (χ2n) is 5.35. The molecule has 0 bridgehead atoms. The highest BCUT2D eigenvalue weighted by molar-refractivity contribution is 5.07. The summed E-state index contributed by atoms with van der Waals surface area (Å²) in [6.45, 7) is 6.16. The predicted octanol–water partition coefficient (Wildman–Crippen LogP) is 3.41.